The van der Waals surface area contributed by atoms with Crippen molar-refractivity contribution in [1.29, 1.82) is 0 Å². The molecule has 1 saturated carbocycles. The van der Waals surface area contributed by atoms with Crippen molar-refractivity contribution < 1.29 is 14.7 Å². The Kier molecular flexibility index (Phi) is 6.38. The number of carboxylic acid groups (broad SMARTS) is 1. The summed E-state index contributed by atoms with van der Waals surface area (Å²) >= 11 is 7.65. The van der Waals surface area contributed by atoms with E-state index in [1.807, 2.05) is 45.1 Å². The van der Waals surface area contributed by atoms with Gasteiger partial charge in [-0.2, -0.15) is 5.10 Å². The molecule has 1 aliphatic carbocycles. The molecule has 3 heterocycles. The zero-order chi connectivity index (χ0) is 24.0. The second-order valence-electron chi connectivity index (χ2n) is 9.74. The summed E-state index contributed by atoms with van der Waals surface area (Å²) in [5, 5.41) is 20.3. The van der Waals surface area contributed by atoms with Gasteiger partial charge in [0, 0.05) is 22.6 Å². The number of H-pyrrole nitrogens is 1. The van der Waals surface area contributed by atoms with Crippen LogP contribution in [0.3, 0.4) is 0 Å². The Labute approximate surface area is 202 Å². The first-order chi connectivity index (χ1) is 15.4. The third kappa shape index (κ3) is 5.29. The predicted molar refractivity (Wildman–Crippen MR) is 133 cm³/mol. The van der Waals surface area contributed by atoms with Crippen LogP contribution in [0.5, 0.6) is 0 Å². The molecule has 33 heavy (non-hydrogen) atoms. The minimum atomic E-state index is -2.55. The van der Waals surface area contributed by atoms with Gasteiger partial charge in [-0.3, -0.25) is 9.89 Å². The molecular weight excluding hydrogens is 478 g/mol. The number of halogens is 1. The van der Waals surface area contributed by atoms with E-state index in [2.05, 4.69) is 25.5 Å². The van der Waals surface area contributed by atoms with Crippen molar-refractivity contribution in [3.05, 3.63) is 40.0 Å². The number of nitrogens with zero attached hydrogens (tertiary/aromatic N) is 3. The van der Waals surface area contributed by atoms with E-state index in [0.29, 0.717) is 39.7 Å². The summed E-state index contributed by atoms with van der Waals surface area (Å²) < 4.78 is 0. The summed E-state index contributed by atoms with van der Waals surface area (Å²) in [6.07, 6.45) is 4.23. The van der Waals surface area contributed by atoms with Crippen molar-refractivity contribution in [2.75, 3.05) is 5.32 Å². The van der Waals surface area contributed by atoms with E-state index in [0.717, 1.165) is 10.6 Å². The van der Waals surface area contributed by atoms with Crippen LogP contribution in [0.2, 0.25) is 23.2 Å². The molecule has 3 aromatic rings. The number of carboxylic acids is 1. The fraction of sp³-hybridized carbons (Fsp3) is 0.455. The van der Waals surface area contributed by atoms with Gasteiger partial charge < -0.3 is 15.2 Å². The van der Waals surface area contributed by atoms with E-state index in [1.54, 1.807) is 0 Å². The smallest absolute Gasteiger partial charge is 0.311 e. The van der Waals surface area contributed by atoms with Gasteiger partial charge in [0.25, 0.3) is 0 Å². The minimum absolute atomic E-state index is 0.356. The molecule has 4 rings (SSSR count). The molecule has 1 fully saturated rings. The highest BCUT2D eigenvalue weighted by Gasteiger charge is 2.42. The van der Waals surface area contributed by atoms with Gasteiger partial charge >= 0.3 is 5.97 Å². The lowest BCUT2D eigenvalue weighted by atomic mass is 9.95. The minimum Gasteiger partial charge on any atom is -0.481 e. The first-order valence-corrected chi connectivity index (χ1v) is 15.0. The molecule has 0 amide bonds. The first kappa shape index (κ1) is 23.9. The Hall–Kier alpha value is -2.27. The number of carbonyl (C=O) groups is 1. The van der Waals surface area contributed by atoms with Crippen molar-refractivity contribution in [2.24, 2.45) is 0 Å². The van der Waals surface area contributed by atoms with Gasteiger partial charge in [0.15, 0.2) is 25.8 Å². The maximum Gasteiger partial charge on any atom is 0.311 e. The maximum atomic E-state index is 12.1. The average molecular weight is 506 g/mol. The topological polar surface area (TPSA) is 124 Å². The Morgan fingerprint density at radius 1 is 1.39 bits per heavy atom. The zero-order valence-corrected chi connectivity index (χ0v) is 21.6. The summed E-state index contributed by atoms with van der Waals surface area (Å²) in [6.45, 7) is 7.56. The number of nitrogens with one attached hydrogen (secondary N) is 2. The number of thiophene rings is 1. The Balaban J connectivity index is 1.56. The van der Waals surface area contributed by atoms with Crippen molar-refractivity contribution in [3.63, 3.8) is 0 Å². The van der Waals surface area contributed by atoms with Crippen molar-refractivity contribution in [3.8, 4) is 10.7 Å². The molecule has 0 aliphatic heterocycles. The maximum absolute atomic E-state index is 12.1. The van der Waals surface area contributed by atoms with Gasteiger partial charge in [-0.25, -0.2) is 9.97 Å². The Morgan fingerprint density at radius 2 is 2.12 bits per heavy atom. The standard InChI is InChI=1S/C22H28ClN5O3SSi/c1-22(2,33(3,4)31)10-13(21(29)30)16-7-8-17(32-16)20-24-11-14(23)19(26-20)25-18-9-15(27-28-18)12-5-6-12/h7-9,11-13,31H,5-6,10H2,1-4H3,(H,29,30)(H2,24,25,26,27,28). The number of anilines is 2. The molecule has 0 bridgehead atoms. The molecule has 4 N–H and O–H groups in total. The largest absolute Gasteiger partial charge is 0.481 e. The number of hydrogen-bond donors (Lipinski definition) is 4. The highest BCUT2D eigenvalue weighted by Crippen LogP contribution is 2.46. The van der Waals surface area contributed by atoms with E-state index >= 15 is 0 Å². The Bertz CT molecular complexity index is 1170. The fourth-order valence-electron chi connectivity index (χ4n) is 3.43. The van der Waals surface area contributed by atoms with Crippen LogP contribution < -0.4 is 5.32 Å². The molecule has 11 heteroatoms. The molecule has 0 radical (unpaired) electrons. The highest BCUT2D eigenvalue weighted by molar-refractivity contribution is 7.15. The fourth-order valence-corrected chi connectivity index (χ4v) is 5.31. The molecule has 1 unspecified atom stereocenters. The van der Waals surface area contributed by atoms with Crippen molar-refractivity contribution in [2.45, 2.75) is 63.1 Å². The number of aliphatic carboxylic acids is 1. The molecule has 176 valence electrons. The lowest BCUT2D eigenvalue weighted by molar-refractivity contribution is -0.139. The quantitative estimate of drug-likeness (QED) is 0.273. The van der Waals surface area contributed by atoms with Gasteiger partial charge in [0.05, 0.1) is 17.0 Å². The molecule has 8 nitrogen and oxygen atoms in total. The number of hydrogen-bond acceptors (Lipinski definition) is 7. The predicted octanol–water partition coefficient (Wildman–Crippen LogP) is 5.74. The molecule has 0 aromatic carbocycles. The average Bonchev–Trinajstić information content (AvgIpc) is 3.27. The number of aromatic nitrogens is 4. The third-order valence-corrected chi connectivity index (χ3v) is 11.5. The van der Waals surface area contributed by atoms with Crippen LogP contribution >= 0.6 is 22.9 Å². The monoisotopic (exact) mass is 505 g/mol. The first-order valence-electron chi connectivity index (χ1n) is 10.8. The third-order valence-electron chi connectivity index (χ3n) is 6.46. The van der Waals surface area contributed by atoms with E-state index in [4.69, 9.17) is 11.6 Å². The molecule has 1 aliphatic rings. The van der Waals surface area contributed by atoms with E-state index in [1.165, 1.54) is 30.4 Å². The summed E-state index contributed by atoms with van der Waals surface area (Å²) in [5.74, 6) is 0.469. The van der Waals surface area contributed by atoms with Gasteiger partial charge in [0.2, 0.25) is 0 Å². The van der Waals surface area contributed by atoms with Crippen LogP contribution in [-0.4, -0.2) is 44.4 Å². The number of rotatable bonds is 9. The molecular formula is C22H28ClN5O3SSi. The molecule has 0 saturated heterocycles. The zero-order valence-electron chi connectivity index (χ0n) is 19.0. The van der Waals surface area contributed by atoms with Crippen LogP contribution in [0.1, 0.15) is 55.5 Å². The van der Waals surface area contributed by atoms with E-state index < -0.39 is 25.2 Å². The lowest BCUT2D eigenvalue weighted by Gasteiger charge is -2.36. The highest BCUT2D eigenvalue weighted by atomic mass is 35.5. The molecule has 0 spiro atoms. The summed E-state index contributed by atoms with van der Waals surface area (Å²) in [6, 6.07) is 5.60. The second kappa shape index (κ2) is 8.82. The summed E-state index contributed by atoms with van der Waals surface area (Å²) in [4.78, 5) is 33.1. The van der Waals surface area contributed by atoms with Crippen molar-refractivity contribution in [1.82, 2.24) is 20.2 Å². The van der Waals surface area contributed by atoms with Crippen LogP contribution in [0, 0.1) is 0 Å². The van der Waals surface area contributed by atoms with Gasteiger partial charge in [-0.05, 0) is 49.5 Å². The second-order valence-corrected chi connectivity index (χ2v) is 15.7. The van der Waals surface area contributed by atoms with Crippen LogP contribution in [0.15, 0.2) is 24.4 Å². The number of aromatic amines is 1. The Morgan fingerprint density at radius 3 is 2.76 bits per heavy atom. The van der Waals surface area contributed by atoms with Gasteiger partial charge in [-0.1, -0.05) is 25.4 Å². The lowest BCUT2D eigenvalue weighted by Crippen LogP contribution is -2.40. The van der Waals surface area contributed by atoms with Crippen LogP contribution in [-0.2, 0) is 4.79 Å². The van der Waals surface area contributed by atoms with Gasteiger partial charge in [-0.15, -0.1) is 11.3 Å². The van der Waals surface area contributed by atoms with Crippen LogP contribution in [0.25, 0.3) is 10.7 Å². The summed E-state index contributed by atoms with van der Waals surface area (Å²) in [5.41, 5.74) is 1.10. The van der Waals surface area contributed by atoms with Gasteiger partial charge in [0.1, 0.15) is 5.02 Å². The van der Waals surface area contributed by atoms with E-state index in [-0.39, 0.29) is 0 Å². The van der Waals surface area contributed by atoms with Crippen LogP contribution in [0.4, 0.5) is 11.6 Å². The molecule has 3 aromatic heterocycles. The SMILES string of the molecule is CC(C)(CC(C(=O)O)c1ccc(-c2ncc(Cl)c(Nc3cc(C4CC4)[nH]n3)n2)s1)[Si](C)(C)O. The van der Waals surface area contributed by atoms with Crippen molar-refractivity contribution >= 4 is 48.9 Å². The summed E-state index contributed by atoms with van der Waals surface area (Å²) in [7, 11) is -2.55. The van der Waals surface area contributed by atoms with E-state index in [9.17, 15) is 14.7 Å². The normalized spacial score (nSPS) is 15.5. The molecule has 1 atom stereocenters.